The lowest BCUT2D eigenvalue weighted by Crippen LogP contribution is -2.09. The second kappa shape index (κ2) is 3.26. The topological polar surface area (TPSA) is 66.4 Å². The molecule has 0 saturated carbocycles. The average Bonchev–Trinajstić information content (AvgIpc) is 1.94. The van der Waals surface area contributed by atoms with Crippen molar-refractivity contribution in [3.05, 3.63) is 23.8 Å². The van der Waals surface area contributed by atoms with Gasteiger partial charge in [0.2, 0.25) is 10.0 Å². The van der Waals surface area contributed by atoms with Crippen LogP contribution in [0.2, 0.25) is 0 Å². The fourth-order valence-electron chi connectivity index (χ4n) is 0.933. The zero-order chi connectivity index (χ0) is 10.1. The first-order valence-electron chi connectivity index (χ1n) is 3.66. The van der Waals surface area contributed by atoms with E-state index in [1.54, 1.807) is 13.0 Å². The first kappa shape index (κ1) is 9.85. The van der Waals surface area contributed by atoms with Crippen molar-refractivity contribution in [3.8, 4) is 5.75 Å². The molecule has 1 rings (SSSR count). The summed E-state index contributed by atoms with van der Waals surface area (Å²) in [5.41, 5.74) is 1.09. The SMILES string of the molecule is Cc1cc(NS(C)(=O)=O)ccc1O. The van der Waals surface area contributed by atoms with E-state index >= 15 is 0 Å². The molecule has 0 aromatic heterocycles. The fraction of sp³-hybridized carbons (Fsp3) is 0.250. The number of sulfonamides is 1. The first-order chi connectivity index (χ1) is 5.88. The summed E-state index contributed by atoms with van der Waals surface area (Å²) >= 11 is 0. The number of phenolic OH excluding ortho intramolecular Hbond substituents is 1. The molecule has 13 heavy (non-hydrogen) atoms. The number of rotatable bonds is 2. The predicted molar refractivity (Wildman–Crippen MR) is 51.3 cm³/mol. The number of phenols is 1. The van der Waals surface area contributed by atoms with Gasteiger partial charge in [-0.1, -0.05) is 0 Å². The van der Waals surface area contributed by atoms with Crippen LogP contribution in [0.5, 0.6) is 5.75 Å². The van der Waals surface area contributed by atoms with Crippen LogP contribution < -0.4 is 4.72 Å². The van der Waals surface area contributed by atoms with Crippen LogP contribution in [0.1, 0.15) is 5.56 Å². The Balaban J connectivity index is 2.99. The maximum absolute atomic E-state index is 10.8. The molecule has 0 atom stereocenters. The summed E-state index contributed by atoms with van der Waals surface area (Å²) in [6.45, 7) is 1.70. The van der Waals surface area contributed by atoms with Gasteiger partial charge < -0.3 is 5.11 Å². The van der Waals surface area contributed by atoms with Crippen molar-refractivity contribution in [2.24, 2.45) is 0 Å². The molecule has 0 amide bonds. The van der Waals surface area contributed by atoms with E-state index in [4.69, 9.17) is 5.11 Å². The number of hydrogen-bond donors (Lipinski definition) is 2. The summed E-state index contributed by atoms with van der Waals surface area (Å²) in [6.07, 6.45) is 1.08. The van der Waals surface area contributed by atoms with E-state index in [9.17, 15) is 8.42 Å². The molecule has 4 nitrogen and oxygen atoms in total. The normalized spacial score (nSPS) is 11.2. The van der Waals surface area contributed by atoms with E-state index in [1.165, 1.54) is 12.1 Å². The van der Waals surface area contributed by atoms with Gasteiger partial charge in [0.25, 0.3) is 0 Å². The van der Waals surface area contributed by atoms with Gasteiger partial charge in [0.05, 0.1) is 6.26 Å². The fourth-order valence-corrected chi connectivity index (χ4v) is 1.49. The summed E-state index contributed by atoms with van der Waals surface area (Å²) < 4.78 is 24.0. The molecule has 0 radical (unpaired) electrons. The highest BCUT2D eigenvalue weighted by atomic mass is 32.2. The average molecular weight is 201 g/mol. The van der Waals surface area contributed by atoms with Crippen LogP contribution in [0, 0.1) is 6.92 Å². The van der Waals surface area contributed by atoms with E-state index < -0.39 is 10.0 Å². The zero-order valence-corrected chi connectivity index (χ0v) is 8.22. The molecular weight excluding hydrogens is 190 g/mol. The van der Waals surface area contributed by atoms with Gasteiger partial charge in [0.15, 0.2) is 0 Å². The Morgan fingerprint density at radius 3 is 2.46 bits per heavy atom. The van der Waals surface area contributed by atoms with Gasteiger partial charge in [-0.15, -0.1) is 0 Å². The Morgan fingerprint density at radius 1 is 1.38 bits per heavy atom. The standard InChI is InChI=1S/C8H11NO3S/c1-6-5-7(3-4-8(6)10)9-13(2,11)12/h3-5,9-10H,1-2H3. The highest BCUT2D eigenvalue weighted by molar-refractivity contribution is 7.92. The summed E-state index contributed by atoms with van der Waals surface area (Å²) in [5, 5.41) is 9.16. The van der Waals surface area contributed by atoms with Gasteiger partial charge in [-0.25, -0.2) is 8.42 Å². The molecule has 0 saturated heterocycles. The van der Waals surface area contributed by atoms with Crippen molar-refractivity contribution in [1.82, 2.24) is 0 Å². The first-order valence-corrected chi connectivity index (χ1v) is 5.55. The van der Waals surface area contributed by atoms with Gasteiger partial charge in [-0.2, -0.15) is 0 Å². The van der Waals surface area contributed by atoms with E-state index in [0.717, 1.165) is 6.26 Å². The third kappa shape index (κ3) is 2.95. The quantitative estimate of drug-likeness (QED) is 0.703. The largest absolute Gasteiger partial charge is 0.508 e. The molecule has 0 spiro atoms. The van der Waals surface area contributed by atoms with E-state index in [2.05, 4.69) is 4.72 Å². The smallest absolute Gasteiger partial charge is 0.229 e. The van der Waals surface area contributed by atoms with Gasteiger partial charge in [0.1, 0.15) is 5.75 Å². The number of aromatic hydroxyl groups is 1. The zero-order valence-electron chi connectivity index (χ0n) is 7.40. The third-order valence-electron chi connectivity index (χ3n) is 1.50. The molecule has 5 heteroatoms. The number of anilines is 1. The third-order valence-corrected chi connectivity index (χ3v) is 2.11. The number of nitrogens with one attached hydrogen (secondary N) is 1. The van der Waals surface area contributed by atoms with Crippen molar-refractivity contribution >= 4 is 15.7 Å². The predicted octanol–water partition coefficient (Wildman–Crippen LogP) is 1.07. The summed E-state index contributed by atoms with van der Waals surface area (Å²) in [4.78, 5) is 0. The van der Waals surface area contributed by atoms with Crippen LogP contribution in [0.25, 0.3) is 0 Å². The lowest BCUT2D eigenvalue weighted by Gasteiger charge is -2.05. The Hall–Kier alpha value is -1.23. The lowest BCUT2D eigenvalue weighted by molar-refractivity contribution is 0.471. The summed E-state index contributed by atoms with van der Waals surface area (Å²) in [6, 6.07) is 4.52. The van der Waals surface area contributed by atoms with Crippen molar-refractivity contribution in [1.29, 1.82) is 0 Å². The van der Waals surface area contributed by atoms with Crippen molar-refractivity contribution in [2.45, 2.75) is 6.92 Å². The highest BCUT2D eigenvalue weighted by Gasteiger charge is 2.02. The minimum atomic E-state index is -3.24. The molecule has 0 fully saturated rings. The van der Waals surface area contributed by atoms with E-state index in [-0.39, 0.29) is 5.75 Å². The van der Waals surface area contributed by atoms with Gasteiger partial charge in [0, 0.05) is 5.69 Å². The second-order valence-electron chi connectivity index (χ2n) is 2.88. The molecule has 0 aliphatic rings. The van der Waals surface area contributed by atoms with Crippen LogP contribution in [-0.2, 0) is 10.0 Å². The summed E-state index contributed by atoms with van der Waals surface area (Å²) in [7, 11) is -3.24. The molecule has 1 aromatic carbocycles. The highest BCUT2D eigenvalue weighted by Crippen LogP contribution is 2.20. The number of hydrogen-bond acceptors (Lipinski definition) is 3. The molecule has 0 aliphatic carbocycles. The van der Waals surface area contributed by atoms with Gasteiger partial charge in [-0.05, 0) is 30.7 Å². The van der Waals surface area contributed by atoms with Crippen LogP contribution in [0.3, 0.4) is 0 Å². The van der Waals surface area contributed by atoms with Crippen LogP contribution in [0.4, 0.5) is 5.69 Å². The molecule has 2 N–H and O–H groups in total. The maximum atomic E-state index is 10.8. The Morgan fingerprint density at radius 2 is 2.00 bits per heavy atom. The minimum Gasteiger partial charge on any atom is -0.508 e. The number of aryl methyl sites for hydroxylation is 1. The maximum Gasteiger partial charge on any atom is 0.229 e. The minimum absolute atomic E-state index is 0.152. The van der Waals surface area contributed by atoms with Crippen molar-refractivity contribution in [3.63, 3.8) is 0 Å². The van der Waals surface area contributed by atoms with E-state index in [1.807, 2.05) is 0 Å². The molecule has 0 unspecified atom stereocenters. The summed E-state index contributed by atoms with van der Waals surface area (Å²) in [5.74, 6) is 0.152. The molecule has 0 heterocycles. The monoisotopic (exact) mass is 201 g/mol. The van der Waals surface area contributed by atoms with E-state index in [0.29, 0.717) is 11.3 Å². The second-order valence-corrected chi connectivity index (χ2v) is 4.62. The number of benzene rings is 1. The van der Waals surface area contributed by atoms with Crippen LogP contribution in [0.15, 0.2) is 18.2 Å². The van der Waals surface area contributed by atoms with Crippen LogP contribution in [-0.4, -0.2) is 19.8 Å². The molecule has 72 valence electrons. The van der Waals surface area contributed by atoms with Gasteiger partial charge in [-0.3, -0.25) is 4.72 Å². The lowest BCUT2D eigenvalue weighted by atomic mass is 10.2. The molecule has 0 aliphatic heterocycles. The Bertz CT molecular complexity index is 411. The van der Waals surface area contributed by atoms with Crippen molar-refractivity contribution in [2.75, 3.05) is 11.0 Å². The molecular formula is C8H11NO3S. The van der Waals surface area contributed by atoms with Gasteiger partial charge >= 0.3 is 0 Å². The van der Waals surface area contributed by atoms with Crippen molar-refractivity contribution < 1.29 is 13.5 Å². The Kier molecular flexibility index (Phi) is 2.47. The van der Waals surface area contributed by atoms with Crippen LogP contribution >= 0.6 is 0 Å². The Labute approximate surface area is 77.3 Å². The molecule has 0 bridgehead atoms. The molecule has 1 aromatic rings.